The smallest absolute Gasteiger partial charge is 0.356 e. The molecule has 7 nitrogen and oxygen atoms in total. The van der Waals surface area contributed by atoms with E-state index in [1.165, 1.54) is 17.0 Å². The predicted molar refractivity (Wildman–Crippen MR) is 118 cm³/mol. The number of carboxylic acid groups (broad SMARTS) is 1. The Labute approximate surface area is 182 Å². The molecule has 31 heavy (non-hydrogen) atoms. The highest BCUT2D eigenvalue weighted by molar-refractivity contribution is 5.87. The maximum atomic E-state index is 11.5. The van der Waals surface area contributed by atoms with Crippen LogP contribution in [0.4, 0.5) is 0 Å². The summed E-state index contributed by atoms with van der Waals surface area (Å²) >= 11 is 0. The second-order valence-electron chi connectivity index (χ2n) is 8.05. The number of rotatable bonds is 8. The largest absolute Gasteiger partial charge is 0.494 e. The number of unbranched alkanes of at least 4 members (excludes halogenated alkanes) is 1. The van der Waals surface area contributed by atoms with Crippen LogP contribution in [0, 0.1) is 0 Å². The number of carbonyl (C=O) groups is 1. The van der Waals surface area contributed by atoms with Gasteiger partial charge in [0.15, 0.2) is 11.3 Å². The molecule has 3 aromatic rings. The van der Waals surface area contributed by atoms with Crippen LogP contribution in [0.1, 0.15) is 73.8 Å². The molecular formula is C24H29N3O4. The van der Waals surface area contributed by atoms with Crippen LogP contribution in [0.15, 0.2) is 30.3 Å². The molecule has 0 spiro atoms. The summed E-state index contributed by atoms with van der Waals surface area (Å²) in [7, 11) is 1.61. The highest BCUT2D eigenvalue weighted by atomic mass is 16.5. The van der Waals surface area contributed by atoms with E-state index in [0.29, 0.717) is 24.1 Å². The Morgan fingerprint density at radius 1 is 1.19 bits per heavy atom. The lowest BCUT2D eigenvalue weighted by Crippen LogP contribution is -2.12. The maximum absolute atomic E-state index is 11.5. The SMILES string of the molecule is CCCCOc1ccc(-c2nc3cc(C(=O)O)nn3c(OC)c2C2CCCCC2)cc1. The Morgan fingerprint density at radius 3 is 2.58 bits per heavy atom. The van der Waals surface area contributed by atoms with Crippen molar-refractivity contribution in [2.24, 2.45) is 0 Å². The van der Waals surface area contributed by atoms with Crippen molar-refractivity contribution in [3.8, 4) is 22.9 Å². The van der Waals surface area contributed by atoms with E-state index in [1.54, 1.807) is 7.11 Å². The molecule has 1 aromatic carbocycles. The monoisotopic (exact) mass is 423 g/mol. The van der Waals surface area contributed by atoms with Gasteiger partial charge in [-0.1, -0.05) is 32.6 Å². The van der Waals surface area contributed by atoms with Crippen LogP contribution in [0.25, 0.3) is 16.9 Å². The minimum absolute atomic E-state index is 0.0442. The zero-order chi connectivity index (χ0) is 21.8. The first-order chi connectivity index (χ1) is 15.1. The zero-order valence-electron chi connectivity index (χ0n) is 18.1. The van der Waals surface area contributed by atoms with Crippen LogP contribution in [0.3, 0.4) is 0 Å². The molecule has 0 atom stereocenters. The van der Waals surface area contributed by atoms with Gasteiger partial charge in [-0.15, -0.1) is 0 Å². The predicted octanol–water partition coefficient (Wildman–Crippen LogP) is 5.33. The van der Waals surface area contributed by atoms with Gasteiger partial charge in [-0.2, -0.15) is 9.61 Å². The van der Waals surface area contributed by atoms with Gasteiger partial charge in [0.1, 0.15) is 5.75 Å². The van der Waals surface area contributed by atoms with Crippen molar-refractivity contribution in [2.75, 3.05) is 13.7 Å². The number of nitrogens with zero attached hydrogens (tertiary/aromatic N) is 3. The Kier molecular flexibility index (Phi) is 6.39. The van der Waals surface area contributed by atoms with Crippen LogP contribution >= 0.6 is 0 Å². The number of methoxy groups -OCH3 is 1. The number of ether oxygens (including phenoxy) is 2. The summed E-state index contributed by atoms with van der Waals surface area (Å²) in [5.41, 5.74) is 3.22. The average molecular weight is 424 g/mol. The Bertz CT molecular complexity index is 1050. The topological polar surface area (TPSA) is 86.0 Å². The number of carboxylic acids is 1. The fourth-order valence-electron chi connectivity index (χ4n) is 4.31. The molecule has 1 fully saturated rings. The van der Waals surface area contributed by atoms with Crippen LogP contribution < -0.4 is 9.47 Å². The van der Waals surface area contributed by atoms with Crippen molar-refractivity contribution >= 4 is 11.6 Å². The number of hydrogen-bond acceptors (Lipinski definition) is 5. The van der Waals surface area contributed by atoms with Gasteiger partial charge >= 0.3 is 5.97 Å². The number of aromatic carboxylic acids is 1. The second kappa shape index (κ2) is 9.37. The van der Waals surface area contributed by atoms with E-state index in [0.717, 1.165) is 61.1 Å². The molecule has 2 heterocycles. The molecule has 164 valence electrons. The molecule has 1 aliphatic carbocycles. The molecule has 0 radical (unpaired) electrons. The summed E-state index contributed by atoms with van der Waals surface area (Å²) in [4.78, 5) is 16.4. The third-order valence-electron chi connectivity index (χ3n) is 5.92. The molecular weight excluding hydrogens is 394 g/mol. The third kappa shape index (κ3) is 4.36. The summed E-state index contributed by atoms with van der Waals surface area (Å²) in [6, 6.07) is 9.45. The highest BCUT2D eigenvalue weighted by Crippen LogP contribution is 2.42. The lowest BCUT2D eigenvalue weighted by molar-refractivity contribution is 0.0690. The molecule has 4 rings (SSSR count). The Balaban J connectivity index is 1.82. The first-order valence-corrected chi connectivity index (χ1v) is 11.1. The van der Waals surface area contributed by atoms with E-state index in [1.807, 2.05) is 24.3 Å². The number of benzene rings is 1. The summed E-state index contributed by atoms with van der Waals surface area (Å²) in [6.07, 6.45) is 7.79. The number of hydrogen-bond donors (Lipinski definition) is 1. The first kappa shape index (κ1) is 21.2. The van der Waals surface area contributed by atoms with Crippen molar-refractivity contribution < 1.29 is 19.4 Å². The van der Waals surface area contributed by atoms with Crippen LogP contribution in [0.2, 0.25) is 0 Å². The van der Waals surface area contributed by atoms with Gasteiger partial charge in [-0.3, -0.25) is 0 Å². The van der Waals surface area contributed by atoms with E-state index in [9.17, 15) is 9.90 Å². The molecule has 1 N–H and O–H groups in total. The van der Waals surface area contributed by atoms with E-state index >= 15 is 0 Å². The lowest BCUT2D eigenvalue weighted by atomic mass is 9.82. The molecule has 0 saturated heterocycles. The van der Waals surface area contributed by atoms with Crippen molar-refractivity contribution in [1.82, 2.24) is 14.6 Å². The fourth-order valence-corrected chi connectivity index (χ4v) is 4.31. The molecule has 7 heteroatoms. The van der Waals surface area contributed by atoms with E-state index < -0.39 is 5.97 Å². The average Bonchev–Trinajstić information content (AvgIpc) is 3.23. The van der Waals surface area contributed by atoms with E-state index in [-0.39, 0.29) is 5.69 Å². The van der Waals surface area contributed by atoms with Gasteiger partial charge < -0.3 is 14.6 Å². The fraction of sp³-hybridized carbons (Fsp3) is 0.458. The maximum Gasteiger partial charge on any atom is 0.356 e. The lowest BCUT2D eigenvalue weighted by Gasteiger charge is -2.26. The molecule has 0 aliphatic heterocycles. The highest BCUT2D eigenvalue weighted by Gasteiger charge is 2.28. The van der Waals surface area contributed by atoms with Crippen molar-refractivity contribution in [2.45, 2.75) is 57.8 Å². The first-order valence-electron chi connectivity index (χ1n) is 11.1. The summed E-state index contributed by atoms with van der Waals surface area (Å²) in [5, 5.41) is 13.7. The van der Waals surface area contributed by atoms with Crippen molar-refractivity contribution in [1.29, 1.82) is 0 Å². The summed E-state index contributed by atoms with van der Waals surface area (Å²) in [5.74, 6) is 0.625. The zero-order valence-corrected chi connectivity index (χ0v) is 18.1. The van der Waals surface area contributed by atoms with Crippen LogP contribution in [0.5, 0.6) is 11.6 Å². The number of aromatic nitrogens is 3. The molecule has 0 unspecified atom stereocenters. The second-order valence-corrected chi connectivity index (χ2v) is 8.05. The minimum atomic E-state index is -1.08. The van der Waals surface area contributed by atoms with Gasteiger partial charge in [0.05, 0.1) is 19.4 Å². The normalized spacial score (nSPS) is 14.6. The minimum Gasteiger partial charge on any atom is -0.494 e. The van der Waals surface area contributed by atoms with Gasteiger partial charge in [-0.05, 0) is 49.4 Å². The molecule has 1 saturated carbocycles. The summed E-state index contributed by atoms with van der Waals surface area (Å²) in [6.45, 7) is 2.84. The van der Waals surface area contributed by atoms with Crippen LogP contribution in [-0.4, -0.2) is 39.4 Å². The van der Waals surface area contributed by atoms with Gasteiger partial charge in [0, 0.05) is 17.2 Å². The van der Waals surface area contributed by atoms with Crippen LogP contribution in [-0.2, 0) is 0 Å². The molecule has 1 aliphatic rings. The quantitative estimate of drug-likeness (QED) is 0.493. The van der Waals surface area contributed by atoms with Gasteiger partial charge in [0.25, 0.3) is 0 Å². The van der Waals surface area contributed by atoms with E-state index in [4.69, 9.17) is 14.5 Å². The Morgan fingerprint density at radius 2 is 1.94 bits per heavy atom. The standard InChI is InChI=1S/C24H29N3O4/c1-3-4-14-31-18-12-10-17(11-13-18)22-21(16-8-6-5-7-9-16)23(30-2)27-20(25-22)15-19(26-27)24(28)29/h10-13,15-16H,3-9,14H2,1-2H3,(H,28,29). The van der Waals surface area contributed by atoms with Gasteiger partial charge in [-0.25, -0.2) is 9.78 Å². The Hall–Kier alpha value is -3.09. The van der Waals surface area contributed by atoms with E-state index in [2.05, 4.69) is 12.0 Å². The number of fused-ring (bicyclic) bond motifs is 1. The molecule has 0 bridgehead atoms. The summed E-state index contributed by atoms with van der Waals surface area (Å²) < 4.78 is 13.1. The van der Waals surface area contributed by atoms with Crippen molar-refractivity contribution in [3.63, 3.8) is 0 Å². The third-order valence-corrected chi connectivity index (χ3v) is 5.92. The van der Waals surface area contributed by atoms with Gasteiger partial charge in [0.2, 0.25) is 5.88 Å². The van der Waals surface area contributed by atoms with Crippen molar-refractivity contribution in [3.05, 3.63) is 41.6 Å². The molecule has 0 amide bonds. The molecule has 2 aromatic heterocycles.